The first-order valence-corrected chi connectivity index (χ1v) is 6.32. The number of hydrogen-bond donors (Lipinski definition) is 3. The second kappa shape index (κ2) is 6.49. The van der Waals surface area contributed by atoms with Gasteiger partial charge in [0, 0.05) is 25.2 Å². The Labute approximate surface area is 107 Å². The number of amides is 1. The summed E-state index contributed by atoms with van der Waals surface area (Å²) in [6.07, 6.45) is 1.19. The molecule has 1 fully saturated rings. The monoisotopic (exact) mass is 248 g/mol. The van der Waals surface area contributed by atoms with Crippen LogP contribution in [-0.4, -0.2) is 37.0 Å². The van der Waals surface area contributed by atoms with Gasteiger partial charge in [0.15, 0.2) is 0 Å². The summed E-state index contributed by atoms with van der Waals surface area (Å²) in [7, 11) is 0. The second-order valence-electron chi connectivity index (χ2n) is 4.55. The van der Waals surface area contributed by atoms with Crippen LogP contribution >= 0.6 is 0 Å². The minimum absolute atomic E-state index is 0.250. The van der Waals surface area contributed by atoms with Gasteiger partial charge in [0.05, 0.1) is 0 Å². The molecule has 0 spiro atoms. The number of rotatable bonds is 3. The van der Waals surface area contributed by atoms with E-state index in [1.165, 1.54) is 12.0 Å². The molecule has 1 saturated heterocycles. The van der Waals surface area contributed by atoms with Crippen LogP contribution in [0.3, 0.4) is 0 Å². The largest absolute Gasteiger partial charge is 0.315 e. The zero-order chi connectivity index (χ0) is 12.8. The van der Waals surface area contributed by atoms with Crippen LogP contribution < -0.4 is 16.6 Å². The molecule has 2 rings (SSSR count). The molecule has 0 atom stereocenters. The van der Waals surface area contributed by atoms with E-state index in [1.807, 2.05) is 24.3 Å². The van der Waals surface area contributed by atoms with Crippen molar-refractivity contribution in [2.75, 3.05) is 26.2 Å². The molecule has 1 aromatic carbocycles. The highest BCUT2D eigenvalue weighted by molar-refractivity contribution is 5.93. The number of benzene rings is 1. The van der Waals surface area contributed by atoms with E-state index in [-0.39, 0.29) is 5.91 Å². The van der Waals surface area contributed by atoms with Crippen molar-refractivity contribution < 1.29 is 4.79 Å². The van der Waals surface area contributed by atoms with Crippen LogP contribution in [0.4, 0.5) is 0 Å². The van der Waals surface area contributed by atoms with Crippen LogP contribution in [0.25, 0.3) is 0 Å². The van der Waals surface area contributed by atoms with Crippen LogP contribution in [-0.2, 0) is 6.54 Å². The minimum Gasteiger partial charge on any atom is -0.315 e. The molecule has 1 aliphatic heterocycles. The van der Waals surface area contributed by atoms with Crippen molar-refractivity contribution in [3.05, 3.63) is 35.4 Å². The van der Waals surface area contributed by atoms with E-state index in [0.717, 1.165) is 32.7 Å². The molecule has 0 saturated carbocycles. The lowest BCUT2D eigenvalue weighted by atomic mass is 10.1. The molecule has 98 valence electrons. The normalized spacial score (nSPS) is 17.2. The molecule has 18 heavy (non-hydrogen) atoms. The van der Waals surface area contributed by atoms with Crippen molar-refractivity contribution in [3.63, 3.8) is 0 Å². The number of nitrogens with one attached hydrogen (secondary N) is 2. The van der Waals surface area contributed by atoms with Gasteiger partial charge in [-0.2, -0.15) is 0 Å². The summed E-state index contributed by atoms with van der Waals surface area (Å²) < 4.78 is 0. The second-order valence-corrected chi connectivity index (χ2v) is 4.55. The van der Waals surface area contributed by atoms with Gasteiger partial charge >= 0.3 is 0 Å². The molecule has 1 amide bonds. The lowest BCUT2D eigenvalue weighted by molar-refractivity contribution is 0.0953. The van der Waals surface area contributed by atoms with E-state index in [4.69, 9.17) is 5.84 Å². The molecule has 5 heteroatoms. The SMILES string of the molecule is NNC(=O)c1ccc(CN2CCCNCC2)cc1. The number of hydrazine groups is 1. The lowest BCUT2D eigenvalue weighted by Gasteiger charge is -2.19. The van der Waals surface area contributed by atoms with E-state index >= 15 is 0 Å². The molecule has 1 aromatic rings. The third-order valence-electron chi connectivity index (χ3n) is 3.19. The highest BCUT2D eigenvalue weighted by Crippen LogP contribution is 2.08. The first-order valence-electron chi connectivity index (χ1n) is 6.32. The van der Waals surface area contributed by atoms with Crippen molar-refractivity contribution in [2.45, 2.75) is 13.0 Å². The fourth-order valence-corrected chi connectivity index (χ4v) is 2.16. The molecule has 0 aromatic heterocycles. The Hall–Kier alpha value is -1.43. The standard InChI is InChI=1S/C13H20N4O/c14-16-13(18)12-4-2-11(3-5-12)10-17-8-1-6-15-7-9-17/h2-5,15H,1,6-10,14H2,(H,16,18). The molecule has 0 bridgehead atoms. The maximum absolute atomic E-state index is 11.3. The summed E-state index contributed by atoms with van der Waals surface area (Å²) in [5.41, 5.74) is 3.96. The summed E-state index contributed by atoms with van der Waals surface area (Å²) in [6.45, 7) is 5.29. The maximum Gasteiger partial charge on any atom is 0.265 e. The predicted molar refractivity (Wildman–Crippen MR) is 70.9 cm³/mol. The molecule has 0 radical (unpaired) electrons. The topological polar surface area (TPSA) is 70.4 Å². The summed E-state index contributed by atoms with van der Waals surface area (Å²) in [4.78, 5) is 13.7. The lowest BCUT2D eigenvalue weighted by Crippen LogP contribution is -2.30. The maximum atomic E-state index is 11.3. The predicted octanol–water partition coefficient (Wildman–Crippen LogP) is 0.0854. The van der Waals surface area contributed by atoms with Crippen molar-refractivity contribution in [1.82, 2.24) is 15.6 Å². The van der Waals surface area contributed by atoms with Crippen LogP contribution in [0.2, 0.25) is 0 Å². The fraction of sp³-hybridized carbons (Fsp3) is 0.462. The molecule has 1 aliphatic rings. The Bertz CT molecular complexity index is 382. The smallest absolute Gasteiger partial charge is 0.265 e. The van der Waals surface area contributed by atoms with Gasteiger partial charge in [-0.25, -0.2) is 5.84 Å². The van der Waals surface area contributed by atoms with Crippen molar-refractivity contribution in [1.29, 1.82) is 0 Å². The van der Waals surface area contributed by atoms with Crippen molar-refractivity contribution in [2.24, 2.45) is 5.84 Å². The molecule has 5 nitrogen and oxygen atoms in total. The third-order valence-corrected chi connectivity index (χ3v) is 3.19. The van der Waals surface area contributed by atoms with E-state index in [1.54, 1.807) is 0 Å². The number of nitrogens with two attached hydrogens (primary N) is 1. The van der Waals surface area contributed by atoms with Gasteiger partial charge in [-0.05, 0) is 37.2 Å². The first-order chi connectivity index (χ1) is 8.79. The van der Waals surface area contributed by atoms with Gasteiger partial charge in [0.25, 0.3) is 5.91 Å². The van der Waals surface area contributed by atoms with Crippen molar-refractivity contribution in [3.8, 4) is 0 Å². The fourth-order valence-electron chi connectivity index (χ4n) is 2.16. The van der Waals surface area contributed by atoms with Gasteiger partial charge in [-0.15, -0.1) is 0 Å². The Morgan fingerprint density at radius 1 is 1.28 bits per heavy atom. The zero-order valence-electron chi connectivity index (χ0n) is 10.5. The summed E-state index contributed by atoms with van der Waals surface area (Å²) in [6, 6.07) is 7.60. The third kappa shape index (κ3) is 3.53. The highest BCUT2D eigenvalue weighted by atomic mass is 16.2. The molecule has 0 aliphatic carbocycles. The van der Waals surface area contributed by atoms with Gasteiger partial charge in [0.1, 0.15) is 0 Å². The molecule has 4 N–H and O–H groups in total. The highest BCUT2D eigenvalue weighted by Gasteiger charge is 2.09. The quantitative estimate of drug-likeness (QED) is 0.403. The van der Waals surface area contributed by atoms with Crippen molar-refractivity contribution >= 4 is 5.91 Å². The Balaban J connectivity index is 1.94. The molecular formula is C13H20N4O. The van der Waals surface area contributed by atoms with Gasteiger partial charge in [-0.1, -0.05) is 12.1 Å². The van der Waals surface area contributed by atoms with Gasteiger partial charge < -0.3 is 5.32 Å². The van der Waals surface area contributed by atoms with E-state index in [9.17, 15) is 4.79 Å². The van der Waals surface area contributed by atoms with E-state index < -0.39 is 0 Å². The van der Waals surface area contributed by atoms with Gasteiger partial charge in [0.2, 0.25) is 0 Å². The number of nitrogen functional groups attached to an aromatic ring is 1. The van der Waals surface area contributed by atoms with Crippen LogP contribution in [0, 0.1) is 0 Å². The van der Waals surface area contributed by atoms with E-state index in [2.05, 4.69) is 15.6 Å². The van der Waals surface area contributed by atoms with E-state index in [0.29, 0.717) is 5.56 Å². The number of carbonyl (C=O) groups excluding carboxylic acids is 1. The molecule has 0 unspecified atom stereocenters. The Morgan fingerprint density at radius 3 is 2.78 bits per heavy atom. The molecular weight excluding hydrogens is 228 g/mol. The Kier molecular flexibility index (Phi) is 4.69. The minimum atomic E-state index is -0.250. The first kappa shape index (κ1) is 13.0. The average molecular weight is 248 g/mol. The summed E-state index contributed by atoms with van der Waals surface area (Å²) in [5, 5.41) is 3.39. The van der Waals surface area contributed by atoms with Crippen LogP contribution in [0.15, 0.2) is 24.3 Å². The number of hydrogen-bond acceptors (Lipinski definition) is 4. The summed E-state index contributed by atoms with van der Waals surface area (Å²) in [5.74, 6) is 4.84. The van der Waals surface area contributed by atoms with Crippen LogP contribution in [0.1, 0.15) is 22.3 Å². The molecule has 1 heterocycles. The Morgan fingerprint density at radius 2 is 2.06 bits per heavy atom. The van der Waals surface area contributed by atoms with Gasteiger partial charge in [-0.3, -0.25) is 15.1 Å². The zero-order valence-corrected chi connectivity index (χ0v) is 10.5. The number of nitrogens with zero attached hydrogens (tertiary/aromatic N) is 1. The number of carbonyl (C=O) groups is 1. The summed E-state index contributed by atoms with van der Waals surface area (Å²) >= 11 is 0. The average Bonchev–Trinajstić information content (AvgIpc) is 2.67. The van der Waals surface area contributed by atoms with Crippen LogP contribution in [0.5, 0.6) is 0 Å².